The molecule has 42 heavy (non-hydrogen) atoms. The molecule has 0 N–H and O–H groups in total. The van der Waals surface area contributed by atoms with Gasteiger partial charge >= 0.3 is 23.9 Å². The molecule has 0 bridgehead atoms. The molecule has 5 atom stereocenters. The van der Waals surface area contributed by atoms with Crippen molar-refractivity contribution in [2.75, 3.05) is 20.8 Å². The van der Waals surface area contributed by atoms with Crippen molar-refractivity contribution in [3.63, 3.8) is 0 Å². The first kappa shape index (κ1) is 32.6. The van der Waals surface area contributed by atoms with E-state index in [2.05, 4.69) is 0 Å². The van der Waals surface area contributed by atoms with Crippen LogP contribution in [0, 0.1) is 0 Å². The largest absolute Gasteiger partial charge is 0.493 e. The molecule has 1 aromatic carbocycles. The normalized spacial score (nSPS) is 24.4. The van der Waals surface area contributed by atoms with E-state index in [1.807, 2.05) is 0 Å². The second-order valence-corrected chi connectivity index (χ2v) is 10.3. The van der Waals surface area contributed by atoms with Gasteiger partial charge in [-0.1, -0.05) is 0 Å². The second kappa shape index (κ2) is 13.4. The summed E-state index contributed by atoms with van der Waals surface area (Å²) in [6, 6.07) is 1.52. The van der Waals surface area contributed by atoms with Gasteiger partial charge in [-0.25, -0.2) is 0 Å². The lowest BCUT2D eigenvalue weighted by Gasteiger charge is -2.44. The number of rotatable bonds is 10. The predicted octanol–water partition coefficient (Wildman–Crippen LogP) is 2.05. The number of esters is 4. The molecule has 0 amide bonds. The average Bonchev–Trinajstić information content (AvgIpc) is 2.87. The first-order chi connectivity index (χ1) is 19.7. The highest BCUT2D eigenvalue weighted by molar-refractivity contribution is 6.01. The number of methoxy groups -OCH3 is 2. The van der Waals surface area contributed by atoms with E-state index < -0.39 is 66.8 Å². The summed E-state index contributed by atoms with van der Waals surface area (Å²) >= 11 is 0. The van der Waals surface area contributed by atoms with Gasteiger partial charge in [-0.05, 0) is 19.9 Å². The third-order valence-corrected chi connectivity index (χ3v) is 6.32. The molecule has 0 unspecified atom stereocenters. The third-order valence-electron chi connectivity index (χ3n) is 6.32. The van der Waals surface area contributed by atoms with E-state index in [-0.39, 0.29) is 41.6 Å². The summed E-state index contributed by atoms with van der Waals surface area (Å²) in [5.41, 5.74) is -0.291. The number of hydrogen-bond donors (Lipinski definition) is 0. The zero-order valence-corrected chi connectivity index (χ0v) is 24.8. The van der Waals surface area contributed by atoms with Crippen molar-refractivity contribution < 1.29 is 66.6 Å². The summed E-state index contributed by atoms with van der Waals surface area (Å²) in [6.07, 6.45) is -6.71. The average molecular weight is 597 g/mol. The fraction of sp³-hybridized carbons (Fsp3) is 0.607. The van der Waals surface area contributed by atoms with Gasteiger partial charge in [-0.15, -0.1) is 0 Å². The Hall–Kier alpha value is -3.91. The van der Waals surface area contributed by atoms with E-state index in [4.69, 9.17) is 42.6 Å². The Labute approximate surface area is 242 Å². The Kier molecular flexibility index (Phi) is 10.4. The summed E-state index contributed by atoms with van der Waals surface area (Å²) in [6.45, 7) is 7.30. The van der Waals surface area contributed by atoms with Crippen molar-refractivity contribution in [1.82, 2.24) is 0 Å². The van der Waals surface area contributed by atoms with Crippen molar-refractivity contribution >= 4 is 29.7 Å². The van der Waals surface area contributed by atoms with Crippen LogP contribution in [0.15, 0.2) is 6.07 Å². The van der Waals surface area contributed by atoms with Crippen molar-refractivity contribution in [1.29, 1.82) is 0 Å². The second-order valence-electron chi connectivity index (χ2n) is 10.3. The zero-order valence-electron chi connectivity index (χ0n) is 24.8. The van der Waals surface area contributed by atoms with Gasteiger partial charge in [0.15, 0.2) is 41.9 Å². The van der Waals surface area contributed by atoms with Gasteiger partial charge in [0.1, 0.15) is 24.1 Å². The Bertz CT molecular complexity index is 1220. The number of ketones is 1. The lowest BCUT2D eigenvalue weighted by atomic mass is 9.91. The molecule has 2 aliphatic heterocycles. The van der Waals surface area contributed by atoms with Crippen LogP contribution in [0.5, 0.6) is 17.2 Å². The Morgan fingerprint density at radius 3 is 2.02 bits per heavy atom. The molecular weight excluding hydrogens is 560 g/mol. The number of carbonyl (C=O) groups is 5. The monoisotopic (exact) mass is 596 g/mol. The first-order valence-electron chi connectivity index (χ1n) is 13.1. The molecule has 14 heteroatoms. The number of benzene rings is 1. The quantitative estimate of drug-likeness (QED) is 0.284. The first-order valence-corrected chi connectivity index (χ1v) is 13.1. The Balaban J connectivity index is 2.08. The maximum atomic E-state index is 13.0. The van der Waals surface area contributed by atoms with Gasteiger partial charge in [0, 0.05) is 27.7 Å². The van der Waals surface area contributed by atoms with Crippen LogP contribution in [-0.2, 0) is 54.2 Å². The van der Waals surface area contributed by atoms with Crippen molar-refractivity contribution in [3.05, 3.63) is 17.2 Å². The fourth-order valence-corrected chi connectivity index (χ4v) is 4.79. The molecule has 1 fully saturated rings. The van der Waals surface area contributed by atoms with Gasteiger partial charge < -0.3 is 42.6 Å². The van der Waals surface area contributed by atoms with Gasteiger partial charge in [0.2, 0.25) is 0 Å². The molecule has 3 rings (SSSR count). The Morgan fingerprint density at radius 1 is 0.881 bits per heavy atom. The van der Waals surface area contributed by atoms with Crippen LogP contribution < -0.4 is 14.2 Å². The van der Waals surface area contributed by atoms with Crippen molar-refractivity contribution in [2.24, 2.45) is 0 Å². The Morgan fingerprint density at radius 2 is 1.48 bits per heavy atom. The molecule has 1 aromatic rings. The molecule has 2 heterocycles. The minimum atomic E-state index is -1.45. The molecular formula is C28H36O14. The number of carbonyl (C=O) groups excluding carboxylic acids is 5. The summed E-state index contributed by atoms with van der Waals surface area (Å²) in [7, 11) is 2.81. The van der Waals surface area contributed by atoms with Crippen LogP contribution in [0.4, 0.5) is 0 Å². The van der Waals surface area contributed by atoms with E-state index in [1.54, 1.807) is 13.8 Å². The van der Waals surface area contributed by atoms with Crippen LogP contribution in [0.1, 0.15) is 63.9 Å². The number of fused-ring (bicyclic) bond motifs is 1. The summed E-state index contributed by atoms with van der Waals surface area (Å²) in [4.78, 5) is 60.8. The molecule has 0 spiro atoms. The van der Waals surface area contributed by atoms with Gasteiger partial charge in [-0.2, -0.15) is 0 Å². The molecule has 232 valence electrons. The molecule has 0 aromatic heterocycles. The molecule has 1 saturated heterocycles. The summed E-state index contributed by atoms with van der Waals surface area (Å²) in [5.74, 6) is -2.48. The topological polar surface area (TPSA) is 168 Å². The summed E-state index contributed by atoms with van der Waals surface area (Å²) in [5, 5.41) is 0. The standard InChI is InChI=1S/C28H36O14/c1-13(29)36-12-21-24(38-14(2)30)25(39-15(3)31)26(40-16(4)32)27(41-21)37-11-18-22-17(9-20(34-7)23(18)35-8)19(33)10-28(5,6)42-22/h9,21,24-27H,10-12H2,1-8H3/t21-,24-,25+,26-,27-/m0/s1. The minimum absolute atomic E-state index is 0.121. The maximum absolute atomic E-state index is 13.0. The molecule has 0 radical (unpaired) electrons. The lowest BCUT2D eigenvalue weighted by Crippen LogP contribution is -2.62. The number of Topliss-reactive ketones (excluding diaryl/α,β-unsaturated/α-hetero) is 1. The van der Waals surface area contributed by atoms with Crippen LogP contribution in [-0.4, -0.2) is 86.8 Å². The van der Waals surface area contributed by atoms with Crippen LogP contribution in [0.2, 0.25) is 0 Å². The van der Waals surface area contributed by atoms with E-state index in [0.29, 0.717) is 5.56 Å². The van der Waals surface area contributed by atoms with Gasteiger partial charge in [0.05, 0.1) is 38.4 Å². The highest BCUT2D eigenvalue weighted by atomic mass is 16.7. The molecule has 0 aliphatic carbocycles. The van der Waals surface area contributed by atoms with Crippen LogP contribution in [0.25, 0.3) is 0 Å². The SMILES string of the molecule is COc1cc2c(c(CO[C@H]3O[C@@H](COC(C)=O)[C@H](OC(C)=O)[C@@H](OC(C)=O)[C@@H]3OC(C)=O)c1OC)OC(C)(C)CC2=O. The third kappa shape index (κ3) is 7.68. The molecule has 2 aliphatic rings. The number of ether oxygens (including phenoxy) is 9. The van der Waals surface area contributed by atoms with Crippen molar-refractivity contribution in [3.8, 4) is 17.2 Å². The van der Waals surface area contributed by atoms with E-state index in [0.717, 1.165) is 20.8 Å². The van der Waals surface area contributed by atoms with Crippen LogP contribution >= 0.6 is 0 Å². The smallest absolute Gasteiger partial charge is 0.303 e. The minimum Gasteiger partial charge on any atom is -0.493 e. The van der Waals surface area contributed by atoms with E-state index in [1.165, 1.54) is 27.2 Å². The number of hydrogen-bond acceptors (Lipinski definition) is 14. The van der Waals surface area contributed by atoms with E-state index >= 15 is 0 Å². The van der Waals surface area contributed by atoms with Crippen LogP contribution in [0.3, 0.4) is 0 Å². The predicted molar refractivity (Wildman–Crippen MR) is 140 cm³/mol. The summed E-state index contributed by atoms with van der Waals surface area (Å²) < 4.78 is 50.7. The zero-order chi connectivity index (χ0) is 31.4. The van der Waals surface area contributed by atoms with Crippen molar-refractivity contribution in [2.45, 2.75) is 90.9 Å². The maximum Gasteiger partial charge on any atom is 0.303 e. The van der Waals surface area contributed by atoms with E-state index in [9.17, 15) is 24.0 Å². The highest BCUT2D eigenvalue weighted by Gasteiger charge is 2.53. The fourth-order valence-electron chi connectivity index (χ4n) is 4.79. The van der Waals surface area contributed by atoms with Gasteiger partial charge in [-0.3, -0.25) is 24.0 Å². The molecule has 0 saturated carbocycles. The lowest BCUT2D eigenvalue weighted by molar-refractivity contribution is -0.310. The highest BCUT2D eigenvalue weighted by Crippen LogP contribution is 2.46. The molecule has 14 nitrogen and oxygen atoms in total. The van der Waals surface area contributed by atoms with Gasteiger partial charge in [0.25, 0.3) is 0 Å².